The number of anilines is 1. The van der Waals surface area contributed by atoms with E-state index in [1.54, 1.807) is 12.3 Å². The van der Waals surface area contributed by atoms with Gasteiger partial charge >= 0.3 is 0 Å². The van der Waals surface area contributed by atoms with Gasteiger partial charge in [0.05, 0.1) is 0 Å². The van der Waals surface area contributed by atoms with Gasteiger partial charge in [-0.1, -0.05) is 36.4 Å². The number of rotatable bonds is 4. The van der Waals surface area contributed by atoms with E-state index in [1.165, 1.54) is 0 Å². The van der Waals surface area contributed by atoms with Gasteiger partial charge in [-0.15, -0.1) is 0 Å². The topological polar surface area (TPSA) is 51.2 Å². The van der Waals surface area contributed by atoms with Crippen LogP contribution in [0, 0.1) is 6.92 Å². The van der Waals surface area contributed by atoms with Gasteiger partial charge in [-0.05, 0) is 30.5 Å². The second-order valence-corrected chi connectivity index (χ2v) is 5.00. The number of hydrogen-bond acceptors (Lipinski definition) is 3. The van der Waals surface area contributed by atoms with Crippen molar-refractivity contribution in [2.45, 2.75) is 6.92 Å². The zero-order valence-corrected chi connectivity index (χ0v) is 12.2. The summed E-state index contributed by atoms with van der Waals surface area (Å²) in [6.45, 7) is 1.84. The van der Waals surface area contributed by atoms with E-state index in [0.29, 0.717) is 5.75 Å². The third kappa shape index (κ3) is 3.23. The van der Waals surface area contributed by atoms with Gasteiger partial charge in [0.1, 0.15) is 5.75 Å². The first-order valence-corrected chi connectivity index (χ1v) is 7.05. The second kappa shape index (κ2) is 6.26. The lowest BCUT2D eigenvalue weighted by molar-refractivity contribution is -0.118. The van der Waals surface area contributed by atoms with Crippen molar-refractivity contribution in [3.8, 4) is 5.75 Å². The largest absolute Gasteiger partial charge is 0.483 e. The van der Waals surface area contributed by atoms with Crippen molar-refractivity contribution in [3.63, 3.8) is 0 Å². The third-order valence-electron chi connectivity index (χ3n) is 3.29. The van der Waals surface area contributed by atoms with E-state index < -0.39 is 0 Å². The molecule has 0 spiro atoms. The Bertz CT molecular complexity index is 810. The quantitative estimate of drug-likeness (QED) is 0.800. The molecule has 110 valence electrons. The molecule has 1 heterocycles. The van der Waals surface area contributed by atoms with E-state index in [0.717, 1.165) is 22.2 Å². The van der Waals surface area contributed by atoms with E-state index >= 15 is 0 Å². The SMILES string of the molecule is Cc1cc(NC(=O)COc2cccc3ccccc23)ccn1. The Hall–Kier alpha value is -2.88. The van der Waals surface area contributed by atoms with Crippen LogP contribution in [0.3, 0.4) is 0 Å². The van der Waals surface area contributed by atoms with Crippen LogP contribution in [-0.4, -0.2) is 17.5 Å². The Labute approximate surface area is 128 Å². The lowest BCUT2D eigenvalue weighted by Gasteiger charge is -2.10. The summed E-state index contributed by atoms with van der Waals surface area (Å²) in [4.78, 5) is 16.1. The summed E-state index contributed by atoms with van der Waals surface area (Å²) in [6.07, 6.45) is 1.66. The van der Waals surface area contributed by atoms with Crippen molar-refractivity contribution in [2.75, 3.05) is 11.9 Å². The number of pyridine rings is 1. The Kier molecular flexibility index (Phi) is 4.01. The minimum Gasteiger partial charge on any atom is -0.483 e. The Morgan fingerprint density at radius 2 is 1.95 bits per heavy atom. The van der Waals surface area contributed by atoms with Crippen molar-refractivity contribution >= 4 is 22.4 Å². The standard InChI is InChI=1S/C18H16N2O2/c1-13-11-15(9-10-19-13)20-18(21)12-22-17-8-4-6-14-5-2-3-7-16(14)17/h2-11H,12H2,1H3,(H,19,20,21). The fourth-order valence-corrected chi connectivity index (χ4v) is 2.29. The van der Waals surface area contributed by atoms with Crippen molar-refractivity contribution in [1.29, 1.82) is 0 Å². The van der Waals surface area contributed by atoms with Gasteiger partial charge < -0.3 is 10.1 Å². The molecule has 22 heavy (non-hydrogen) atoms. The first kappa shape index (κ1) is 14.1. The number of ether oxygens (including phenoxy) is 1. The van der Waals surface area contributed by atoms with Crippen LogP contribution >= 0.6 is 0 Å². The summed E-state index contributed by atoms with van der Waals surface area (Å²) in [5, 5.41) is 4.88. The summed E-state index contributed by atoms with van der Waals surface area (Å²) in [5.41, 5.74) is 1.58. The highest BCUT2D eigenvalue weighted by molar-refractivity contribution is 5.93. The van der Waals surface area contributed by atoms with E-state index in [2.05, 4.69) is 10.3 Å². The number of nitrogens with zero attached hydrogens (tertiary/aromatic N) is 1. The van der Waals surface area contributed by atoms with Gasteiger partial charge in [0.2, 0.25) is 0 Å². The molecule has 1 aromatic heterocycles. The number of hydrogen-bond donors (Lipinski definition) is 1. The maximum atomic E-state index is 12.0. The van der Waals surface area contributed by atoms with Gasteiger partial charge in [-0.25, -0.2) is 0 Å². The highest BCUT2D eigenvalue weighted by Crippen LogP contribution is 2.25. The molecule has 2 aromatic carbocycles. The van der Waals surface area contributed by atoms with Crippen LogP contribution in [0.25, 0.3) is 10.8 Å². The highest BCUT2D eigenvalue weighted by atomic mass is 16.5. The number of nitrogens with one attached hydrogen (secondary N) is 1. The maximum absolute atomic E-state index is 12.0. The summed E-state index contributed by atoms with van der Waals surface area (Å²) >= 11 is 0. The van der Waals surface area contributed by atoms with Crippen LogP contribution in [-0.2, 0) is 4.79 Å². The predicted octanol–water partition coefficient (Wildman–Crippen LogP) is 3.56. The first-order valence-electron chi connectivity index (χ1n) is 7.05. The van der Waals surface area contributed by atoms with E-state index in [9.17, 15) is 4.79 Å². The fraction of sp³-hybridized carbons (Fsp3) is 0.111. The predicted molar refractivity (Wildman–Crippen MR) is 87.0 cm³/mol. The fourth-order valence-electron chi connectivity index (χ4n) is 2.29. The molecule has 0 saturated carbocycles. The van der Waals surface area contributed by atoms with Crippen LogP contribution in [0.4, 0.5) is 5.69 Å². The Balaban J connectivity index is 1.68. The molecule has 1 N–H and O–H groups in total. The van der Waals surface area contributed by atoms with Crippen molar-refractivity contribution in [3.05, 3.63) is 66.5 Å². The molecular formula is C18H16N2O2. The normalized spacial score (nSPS) is 10.4. The van der Waals surface area contributed by atoms with Gasteiger partial charge in [-0.2, -0.15) is 0 Å². The maximum Gasteiger partial charge on any atom is 0.262 e. The minimum atomic E-state index is -0.196. The molecule has 0 aliphatic heterocycles. The number of carbonyl (C=O) groups excluding carboxylic acids is 1. The summed E-state index contributed by atoms with van der Waals surface area (Å²) < 4.78 is 5.66. The second-order valence-electron chi connectivity index (χ2n) is 5.00. The molecular weight excluding hydrogens is 276 g/mol. The zero-order chi connectivity index (χ0) is 15.4. The average molecular weight is 292 g/mol. The molecule has 0 unspecified atom stereocenters. The van der Waals surface area contributed by atoms with Crippen LogP contribution < -0.4 is 10.1 Å². The molecule has 0 saturated heterocycles. The van der Waals surface area contributed by atoms with Crippen LogP contribution in [0.2, 0.25) is 0 Å². The van der Waals surface area contributed by atoms with Gasteiger partial charge in [-0.3, -0.25) is 9.78 Å². The molecule has 4 heteroatoms. The summed E-state index contributed by atoms with van der Waals surface area (Å²) in [5.74, 6) is 0.512. The molecule has 0 aliphatic carbocycles. The lowest BCUT2D eigenvalue weighted by atomic mass is 10.1. The van der Waals surface area contributed by atoms with Crippen LogP contribution in [0.5, 0.6) is 5.75 Å². The number of fused-ring (bicyclic) bond motifs is 1. The van der Waals surface area contributed by atoms with Crippen molar-refractivity contribution < 1.29 is 9.53 Å². The molecule has 3 aromatic rings. The minimum absolute atomic E-state index is 0.0324. The van der Waals surface area contributed by atoms with E-state index in [-0.39, 0.29) is 12.5 Å². The average Bonchev–Trinajstić information content (AvgIpc) is 2.53. The van der Waals surface area contributed by atoms with Crippen LogP contribution in [0.1, 0.15) is 5.69 Å². The molecule has 4 nitrogen and oxygen atoms in total. The number of aryl methyl sites for hydroxylation is 1. The number of benzene rings is 2. The van der Waals surface area contributed by atoms with Gasteiger partial charge in [0.15, 0.2) is 6.61 Å². The molecule has 3 rings (SSSR count). The highest BCUT2D eigenvalue weighted by Gasteiger charge is 2.06. The van der Waals surface area contributed by atoms with E-state index in [4.69, 9.17) is 4.74 Å². The van der Waals surface area contributed by atoms with Crippen molar-refractivity contribution in [1.82, 2.24) is 4.98 Å². The Morgan fingerprint density at radius 3 is 2.82 bits per heavy atom. The molecule has 0 bridgehead atoms. The summed E-state index contributed by atoms with van der Waals surface area (Å²) in [6, 6.07) is 17.3. The third-order valence-corrected chi connectivity index (χ3v) is 3.29. The molecule has 0 fully saturated rings. The van der Waals surface area contributed by atoms with Gasteiger partial charge in [0, 0.05) is 23.0 Å². The number of aromatic nitrogens is 1. The van der Waals surface area contributed by atoms with E-state index in [1.807, 2.05) is 55.5 Å². The number of carbonyl (C=O) groups is 1. The summed E-state index contributed by atoms with van der Waals surface area (Å²) in [7, 11) is 0. The first-order chi connectivity index (χ1) is 10.7. The molecule has 1 amide bonds. The lowest BCUT2D eigenvalue weighted by Crippen LogP contribution is -2.20. The zero-order valence-electron chi connectivity index (χ0n) is 12.2. The number of amides is 1. The van der Waals surface area contributed by atoms with Crippen molar-refractivity contribution in [2.24, 2.45) is 0 Å². The van der Waals surface area contributed by atoms with Gasteiger partial charge in [0.25, 0.3) is 5.91 Å². The van der Waals surface area contributed by atoms with Crippen LogP contribution in [0.15, 0.2) is 60.8 Å². The molecule has 0 aliphatic rings. The monoisotopic (exact) mass is 292 g/mol. The Morgan fingerprint density at radius 1 is 1.14 bits per heavy atom. The molecule has 0 radical (unpaired) electrons. The smallest absolute Gasteiger partial charge is 0.262 e. The molecule has 0 atom stereocenters.